The molecule has 0 saturated carbocycles. The Kier molecular flexibility index (Phi) is 3.06. The second-order valence-electron chi connectivity index (χ2n) is 2.87. The van der Waals surface area contributed by atoms with E-state index in [1.807, 2.05) is 13.8 Å². The van der Waals surface area contributed by atoms with Gasteiger partial charge in [0, 0.05) is 13.0 Å². The van der Waals surface area contributed by atoms with Crippen LogP contribution in [0, 0.1) is 6.92 Å². The van der Waals surface area contributed by atoms with Gasteiger partial charge in [-0.1, -0.05) is 6.92 Å². The van der Waals surface area contributed by atoms with Crippen LogP contribution in [0.1, 0.15) is 25.2 Å². The summed E-state index contributed by atoms with van der Waals surface area (Å²) >= 11 is 0. The fraction of sp³-hybridized carbons (Fsp3) is 0.556. The van der Waals surface area contributed by atoms with Gasteiger partial charge in [-0.2, -0.15) is 0 Å². The number of hydrogen-bond donors (Lipinski definition) is 2. The van der Waals surface area contributed by atoms with E-state index >= 15 is 0 Å². The third kappa shape index (κ3) is 2.08. The van der Waals surface area contributed by atoms with E-state index in [0.29, 0.717) is 11.4 Å². The molecule has 0 unspecified atom stereocenters. The average molecular weight is 181 g/mol. The van der Waals surface area contributed by atoms with Gasteiger partial charge in [0.2, 0.25) is 0 Å². The molecule has 0 radical (unpaired) electrons. The molecule has 0 aliphatic heterocycles. The Morgan fingerprint density at radius 2 is 2.15 bits per heavy atom. The normalized spacial score (nSPS) is 10.1. The summed E-state index contributed by atoms with van der Waals surface area (Å²) in [5.41, 5.74) is 0.599. The van der Waals surface area contributed by atoms with Crippen LogP contribution in [0.25, 0.3) is 0 Å². The fourth-order valence-electron chi connectivity index (χ4n) is 1.09. The van der Waals surface area contributed by atoms with Crippen molar-refractivity contribution in [3.63, 3.8) is 0 Å². The number of aryl methyl sites for hydroxylation is 1. The first-order chi connectivity index (χ1) is 6.19. The standard InChI is InChI=1S/C9H15N3O/c1-4-7-11-8(10-5-2)6(3)9(13)12-7/h4-5H2,1-3H3,(H2,10,11,12,13). The fourth-order valence-corrected chi connectivity index (χ4v) is 1.09. The number of nitrogens with one attached hydrogen (secondary N) is 2. The van der Waals surface area contributed by atoms with Crippen molar-refractivity contribution in [1.82, 2.24) is 9.97 Å². The van der Waals surface area contributed by atoms with Crippen LogP contribution >= 0.6 is 0 Å². The molecule has 13 heavy (non-hydrogen) atoms. The maximum Gasteiger partial charge on any atom is 0.255 e. The molecule has 1 aromatic heterocycles. The van der Waals surface area contributed by atoms with Gasteiger partial charge in [0.25, 0.3) is 5.56 Å². The monoisotopic (exact) mass is 181 g/mol. The summed E-state index contributed by atoms with van der Waals surface area (Å²) in [6, 6.07) is 0. The minimum Gasteiger partial charge on any atom is -0.370 e. The lowest BCUT2D eigenvalue weighted by Gasteiger charge is -2.06. The molecule has 4 nitrogen and oxygen atoms in total. The second kappa shape index (κ2) is 4.07. The summed E-state index contributed by atoms with van der Waals surface area (Å²) in [6.45, 7) is 6.49. The molecule has 2 N–H and O–H groups in total. The first-order valence-electron chi connectivity index (χ1n) is 4.52. The van der Waals surface area contributed by atoms with Crippen molar-refractivity contribution in [2.45, 2.75) is 27.2 Å². The zero-order valence-corrected chi connectivity index (χ0v) is 8.27. The van der Waals surface area contributed by atoms with Crippen LogP contribution in [0.5, 0.6) is 0 Å². The highest BCUT2D eigenvalue weighted by molar-refractivity contribution is 5.41. The van der Waals surface area contributed by atoms with Gasteiger partial charge >= 0.3 is 0 Å². The van der Waals surface area contributed by atoms with Crippen molar-refractivity contribution in [3.05, 3.63) is 21.7 Å². The third-order valence-corrected chi connectivity index (χ3v) is 1.88. The van der Waals surface area contributed by atoms with E-state index in [1.165, 1.54) is 0 Å². The van der Waals surface area contributed by atoms with Crippen LogP contribution in [-0.2, 0) is 6.42 Å². The highest BCUT2D eigenvalue weighted by Gasteiger charge is 2.04. The van der Waals surface area contributed by atoms with Gasteiger partial charge in [-0.15, -0.1) is 0 Å². The predicted octanol–water partition coefficient (Wildman–Crippen LogP) is 1.07. The number of rotatable bonds is 3. The Morgan fingerprint density at radius 3 is 2.69 bits per heavy atom. The Hall–Kier alpha value is -1.32. The molecule has 0 bridgehead atoms. The molecule has 0 spiro atoms. The number of aromatic amines is 1. The number of hydrogen-bond acceptors (Lipinski definition) is 3. The van der Waals surface area contributed by atoms with E-state index in [9.17, 15) is 4.79 Å². The van der Waals surface area contributed by atoms with Gasteiger partial charge in [-0.25, -0.2) is 4.98 Å². The largest absolute Gasteiger partial charge is 0.370 e. The molecule has 0 fully saturated rings. The van der Waals surface area contributed by atoms with E-state index in [0.717, 1.165) is 18.8 Å². The van der Waals surface area contributed by atoms with E-state index < -0.39 is 0 Å². The van der Waals surface area contributed by atoms with E-state index in [1.54, 1.807) is 6.92 Å². The van der Waals surface area contributed by atoms with E-state index in [2.05, 4.69) is 15.3 Å². The van der Waals surface area contributed by atoms with Gasteiger partial charge < -0.3 is 10.3 Å². The van der Waals surface area contributed by atoms with Gasteiger partial charge in [-0.05, 0) is 13.8 Å². The van der Waals surface area contributed by atoms with Crippen molar-refractivity contribution >= 4 is 5.82 Å². The smallest absolute Gasteiger partial charge is 0.255 e. The maximum absolute atomic E-state index is 11.4. The molecule has 1 aromatic rings. The lowest BCUT2D eigenvalue weighted by molar-refractivity contribution is 0.905. The minimum atomic E-state index is -0.0530. The molecule has 0 atom stereocenters. The summed E-state index contributed by atoms with van der Waals surface area (Å²) in [5, 5.41) is 3.06. The van der Waals surface area contributed by atoms with Crippen molar-refractivity contribution in [1.29, 1.82) is 0 Å². The van der Waals surface area contributed by atoms with Crippen molar-refractivity contribution in [2.24, 2.45) is 0 Å². The zero-order chi connectivity index (χ0) is 9.84. The summed E-state index contributed by atoms with van der Waals surface area (Å²) in [5.74, 6) is 1.43. The molecule has 0 saturated heterocycles. The molecule has 0 aliphatic rings. The molecular formula is C9H15N3O. The number of aromatic nitrogens is 2. The molecule has 0 aromatic carbocycles. The van der Waals surface area contributed by atoms with Gasteiger partial charge in [0.1, 0.15) is 11.6 Å². The molecule has 1 rings (SSSR count). The van der Waals surface area contributed by atoms with Crippen LogP contribution in [-0.4, -0.2) is 16.5 Å². The van der Waals surface area contributed by atoms with Gasteiger partial charge in [0.15, 0.2) is 0 Å². The van der Waals surface area contributed by atoms with Crippen LogP contribution < -0.4 is 10.9 Å². The van der Waals surface area contributed by atoms with Crippen molar-refractivity contribution in [3.8, 4) is 0 Å². The Labute approximate surface area is 77.4 Å². The van der Waals surface area contributed by atoms with Gasteiger partial charge in [0.05, 0.1) is 5.56 Å². The van der Waals surface area contributed by atoms with Crippen molar-refractivity contribution < 1.29 is 0 Å². The summed E-state index contributed by atoms with van der Waals surface area (Å²) in [6.07, 6.45) is 0.744. The molecule has 1 heterocycles. The van der Waals surface area contributed by atoms with E-state index in [4.69, 9.17) is 0 Å². The first-order valence-corrected chi connectivity index (χ1v) is 4.52. The highest BCUT2D eigenvalue weighted by atomic mass is 16.1. The average Bonchev–Trinajstić information content (AvgIpc) is 2.13. The topological polar surface area (TPSA) is 57.8 Å². The predicted molar refractivity (Wildman–Crippen MR) is 53.1 cm³/mol. The summed E-state index contributed by atoms with van der Waals surface area (Å²) in [7, 11) is 0. The number of anilines is 1. The lowest BCUT2D eigenvalue weighted by Crippen LogP contribution is -2.17. The van der Waals surface area contributed by atoms with Crippen LogP contribution in [0.4, 0.5) is 5.82 Å². The number of nitrogens with zero attached hydrogens (tertiary/aromatic N) is 1. The lowest BCUT2D eigenvalue weighted by atomic mass is 10.3. The van der Waals surface area contributed by atoms with Crippen LogP contribution in [0.3, 0.4) is 0 Å². The quantitative estimate of drug-likeness (QED) is 0.733. The van der Waals surface area contributed by atoms with Crippen molar-refractivity contribution in [2.75, 3.05) is 11.9 Å². The maximum atomic E-state index is 11.4. The minimum absolute atomic E-state index is 0.0530. The van der Waals surface area contributed by atoms with Gasteiger partial charge in [-0.3, -0.25) is 4.79 Å². The SMILES string of the molecule is CCNc1nc(CC)[nH]c(=O)c1C. The Balaban J connectivity index is 3.17. The molecule has 0 aliphatic carbocycles. The third-order valence-electron chi connectivity index (χ3n) is 1.88. The molecular weight excluding hydrogens is 166 g/mol. The second-order valence-corrected chi connectivity index (χ2v) is 2.87. The molecule has 0 amide bonds. The molecule has 72 valence electrons. The first kappa shape index (κ1) is 9.77. The highest BCUT2D eigenvalue weighted by Crippen LogP contribution is 2.05. The Morgan fingerprint density at radius 1 is 1.46 bits per heavy atom. The zero-order valence-electron chi connectivity index (χ0n) is 8.27. The Bertz CT molecular complexity index is 343. The summed E-state index contributed by atoms with van der Waals surface area (Å²) in [4.78, 5) is 18.4. The van der Waals surface area contributed by atoms with Crippen LogP contribution in [0.15, 0.2) is 4.79 Å². The van der Waals surface area contributed by atoms with E-state index in [-0.39, 0.29) is 5.56 Å². The summed E-state index contributed by atoms with van der Waals surface area (Å²) < 4.78 is 0. The number of H-pyrrole nitrogens is 1. The van der Waals surface area contributed by atoms with Crippen LogP contribution in [0.2, 0.25) is 0 Å². The molecule has 4 heteroatoms.